The van der Waals surface area contributed by atoms with Crippen molar-refractivity contribution >= 4 is 5.69 Å². The van der Waals surface area contributed by atoms with Crippen LogP contribution in [0.3, 0.4) is 0 Å². The van der Waals surface area contributed by atoms with Gasteiger partial charge in [-0.15, -0.1) is 0 Å². The van der Waals surface area contributed by atoms with E-state index in [4.69, 9.17) is 0 Å². The van der Waals surface area contributed by atoms with Crippen LogP contribution in [0.25, 0.3) is 0 Å². The summed E-state index contributed by atoms with van der Waals surface area (Å²) >= 11 is 0. The van der Waals surface area contributed by atoms with Gasteiger partial charge in [0.05, 0.1) is 32.7 Å². The van der Waals surface area contributed by atoms with Crippen LogP contribution >= 0.6 is 0 Å². The predicted molar refractivity (Wildman–Crippen MR) is 99.2 cm³/mol. The highest BCUT2D eigenvalue weighted by Gasteiger charge is 2.29. The van der Waals surface area contributed by atoms with E-state index in [1.807, 2.05) is 0 Å². The molecule has 1 aliphatic carbocycles. The maximum Gasteiger partial charge on any atom is 0.0949 e. The van der Waals surface area contributed by atoms with Crippen molar-refractivity contribution in [1.29, 1.82) is 0 Å². The van der Waals surface area contributed by atoms with E-state index < -0.39 is 0 Å². The molecule has 0 radical (unpaired) electrons. The summed E-state index contributed by atoms with van der Waals surface area (Å²) in [6.45, 7) is 13.5. The number of piperazine rings is 1. The Balaban J connectivity index is 1.51. The third-order valence-electron chi connectivity index (χ3n) is 6.01. The molecule has 3 rings (SSSR count). The molecular weight excluding hydrogens is 280 g/mol. The summed E-state index contributed by atoms with van der Waals surface area (Å²) in [7, 11) is 0. The first-order valence-electron chi connectivity index (χ1n) is 9.39. The largest absolute Gasteiger partial charge is 0.360 e. The van der Waals surface area contributed by atoms with Crippen LogP contribution in [-0.4, -0.2) is 32.7 Å². The molecule has 0 saturated carbocycles. The summed E-state index contributed by atoms with van der Waals surface area (Å²) in [6.07, 6.45) is 5.39. The highest BCUT2D eigenvalue weighted by atomic mass is 15.3. The molecule has 1 aliphatic heterocycles. The lowest BCUT2D eigenvalue weighted by Gasteiger charge is -2.37. The van der Waals surface area contributed by atoms with Crippen molar-refractivity contribution in [1.82, 2.24) is 0 Å². The maximum atomic E-state index is 2.54. The third kappa shape index (κ3) is 3.98. The monoisotopic (exact) mass is 313 g/mol. The van der Waals surface area contributed by atoms with Crippen LogP contribution in [0.15, 0.2) is 41.5 Å². The number of anilines is 1. The van der Waals surface area contributed by atoms with E-state index in [1.54, 1.807) is 16.0 Å². The van der Waals surface area contributed by atoms with E-state index in [1.165, 1.54) is 64.1 Å². The van der Waals surface area contributed by atoms with Gasteiger partial charge in [0.25, 0.3) is 0 Å². The third-order valence-corrected chi connectivity index (χ3v) is 6.01. The smallest absolute Gasteiger partial charge is 0.0949 e. The van der Waals surface area contributed by atoms with Crippen molar-refractivity contribution in [2.45, 2.75) is 46.5 Å². The van der Waals surface area contributed by atoms with Gasteiger partial charge in [-0.1, -0.05) is 43.2 Å². The molecule has 0 atom stereocenters. The van der Waals surface area contributed by atoms with E-state index in [2.05, 4.69) is 56.0 Å². The molecule has 23 heavy (non-hydrogen) atoms. The Morgan fingerprint density at radius 3 is 2.43 bits per heavy atom. The van der Waals surface area contributed by atoms with Gasteiger partial charge in [0.15, 0.2) is 0 Å². The lowest BCUT2D eigenvalue weighted by atomic mass is 9.71. The van der Waals surface area contributed by atoms with Gasteiger partial charge in [-0.05, 0) is 43.7 Å². The minimum absolute atomic E-state index is 0.438. The second kappa shape index (κ2) is 7.09. The van der Waals surface area contributed by atoms with Crippen LogP contribution in [0.2, 0.25) is 0 Å². The molecular formula is C21H33N2+. The van der Waals surface area contributed by atoms with Gasteiger partial charge in [0.2, 0.25) is 0 Å². The van der Waals surface area contributed by atoms with Gasteiger partial charge in [-0.25, -0.2) is 0 Å². The van der Waals surface area contributed by atoms with Crippen molar-refractivity contribution in [2.24, 2.45) is 5.41 Å². The van der Waals surface area contributed by atoms with Gasteiger partial charge in [-0.2, -0.15) is 0 Å². The number of quaternary nitrogens is 1. The highest BCUT2D eigenvalue weighted by Crippen LogP contribution is 2.41. The Morgan fingerprint density at radius 2 is 1.78 bits per heavy atom. The number of para-hydroxylation sites is 1. The lowest BCUT2D eigenvalue weighted by molar-refractivity contribution is -0.900. The first-order chi connectivity index (χ1) is 11.1. The van der Waals surface area contributed by atoms with E-state index in [0.717, 1.165) is 0 Å². The van der Waals surface area contributed by atoms with Crippen molar-refractivity contribution in [3.63, 3.8) is 0 Å². The summed E-state index contributed by atoms with van der Waals surface area (Å²) in [6, 6.07) is 10.9. The summed E-state index contributed by atoms with van der Waals surface area (Å²) in [5.74, 6) is 0. The fourth-order valence-electron chi connectivity index (χ4n) is 4.50. The van der Waals surface area contributed by atoms with Crippen molar-refractivity contribution in [3.8, 4) is 0 Å². The normalized spacial score (nSPS) is 22.5. The molecule has 2 nitrogen and oxygen atoms in total. The molecule has 1 N–H and O–H groups in total. The molecule has 1 aromatic rings. The lowest BCUT2D eigenvalue weighted by Crippen LogP contribution is -3.14. The number of hydrogen-bond donors (Lipinski definition) is 1. The predicted octanol–water partition coefficient (Wildman–Crippen LogP) is 3.31. The minimum Gasteiger partial charge on any atom is -0.360 e. The van der Waals surface area contributed by atoms with E-state index >= 15 is 0 Å². The van der Waals surface area contributed by atoms with Gasteiger partial charge in [-0.3, -0.25) is 0 Å². The topological polar surface area (TPSA) is 7.68 Å². The first-order valence-corrected chi connectivity index (χ1v) is 9.39. The van der Waals surface area contributed by atoms with Crippen LogP contribution < -0.4 is 9.80 Å². The molecule has 0 unspecified atom stereocenters. The Bertz CT molecular complexity index is 536. The fourth-order valence-corrected chi connectivity index (χ4v) is 4.50. The molecule has 0 bridgehead atoms. The zero-order valence-electron chi connectivity index (χ0n) is 15.2. The summed E-state index contributed by atoms with van der Waals surface area (Å²) < 4.78 is 0. The number of allylic oxidation sites excluding steroid dienone is 1. The molecule has 0 spiro atoms. The minimum atomic E-state index is 0.438. The molecule has 0 amide bonds. The number of nitrogens with one attached hydrogen (secondary N) is 1. The fraction of sp³-hybridized carbons (Fsp3) is 0.619. The summed E-state index contributed by atoms with van der Waals surface area (Å²) in [4.78, 5) is 4.33. The Labute approximate surface area is 142 Å². The zero-order chi connectivity index (χ0) is 16.3. The second-order valence-electron chi connectivity index (χ2n) is 8.07. The average molecular weight is 314 g/mol. The summed E-state index contributed by atoms with van der Waals surface area (Å²) in [5.41, 5.74) is 5.28. The van der Waals surface area contributed by atoms with Crippen LogP contribution in [0, 0.1) is 5.41 Å². The van der Waals surface area contributed by atoms with Gasteiger partial charge in [0, 0.05) is 12.1 Å². The van der Waals surface area contributed by atoms with Gasteiger partial charge < -0.3 is 9.80 Å². The van der Waals surface area contributed by atoms with E-state index in [-0.39, 0.29) is 0 Å². The van der Waals surface area contributed by atoms with Crippen LogP contribution in [0.4, 0.5) is 5.69 Å². The first kappa shape index (κ1) is 16.6. The average Bonchev–Trinajstić information content (AvgIpc) is 2.55. The van der Waals surface area contributed by atoms with Crippen molar-refractivity contribution in [3.05, 3.63) is 41.5 Å². The van der Waals surface area contributed by atoms with Gasteiger partial charge >= 0.3 is 0 Å². The molecule has 126 valence electrons. The van der Waals surface area contributed by atoms with Crippen LogP contribution in [0.1, 0.15) is 46.5 Å². The van der Waals surface area contributed by atoms with E-state index in [9.17, 15) is 0 Å². The van der Waals surface area contributed by atoms with Crippen molar-refractivity contribution in [2.75, 3.05) is 37.6 Å². The SMILES string of the molecule is CC1=C(CC[NH+]2CCN(c3ccccc3)CC2)C(C)(C)CCC1. The molecule has 2 heteroatoms. The maximum absolute atomic E-state index is 2.54. The Hall–Kier alpha value is -1.28. The van der Waals surface area contributed by atoms with Crippen molar-refractivity contribution < 1.29 is 4.90 Å². The quantitative estimate of drug-likeness (QED) is 0.838. The molecule has 1 fully saturated rings. The number of benzene rings is 1. The Kier molecular flexibility index (Phi) is 5.11. The molecule has 1 heterocycles. The molecule has 2 aliphatic rings. The number of rotatable bonds is 4. The molecule has 1 saturated heterocycles. The summed E-state index contributed by atoms with van der Waals surface area (Å²) in [5, 5.41) is 0. The van der Waals surface area contributed by atoms with Crippen LogP contribution in [0.5, 0.6) is 0 Å². The number of nitrogens with zero attached hydrogens (tertiary/aromatic N) is 1. The molecule has 0 aromatic heterocycles. The highest BCUT2D eigenvalue weighted by molar-refractivity contribution is 5.46. The standard InChI is InChI=1S/C21H32N2/c1-18-8-7-12-21(2,3)20(18)11-13-22-14-16-23(17-15-22)19-9-5-4-6-10-19/h4-6,9-10H,7-8,11-17H2,1-3H3/p+1. The van der Waals surface area contributed by atoms with E-state index in [0.29, 0.717) is 5.41 Å². The Morgan fingerprint density at radius 1 is 1.09 bits per heavy atom. The number of hydrogen-bond acceptors (Lipinski definition) is 1. The second-order valence-corrected chi connectivity index (χ2v) is 8.07. The van der Waals surface area contributed by atoms with Crippen LogP contribution in [-0.2, 0) is 0 Å². The molecule has 1 aromatic carbocycles. The van der Waals surface area contributed by atoms with Gasteiger partial charge in [0.1, 0.15) is 0 Å². The zero-order valence-corrected chi connectivity index (χ0v) is 15.2.